The Kier molecular flexibility index (Phi) is 5.20. The van der Waals surface area contributed by atoms with E-state index < -0.39 is 0 Å². The van der Waals surface area contributed by atoms with E-state index in [1.807, 2.05) is 48.5 Å². The number of fused-ring (bicyclic) bond motifs is 3. The Bertz CT molecular complexity index is 1580. The molecule has 0 radical (unpaired) electrons. The molecule has 3 aromatic carbocycles. The topological polar surface area (TPSA) is 67.6 Å². The molecule has 0 saturated carbocycles. The van der Waals surface area contributed by atoms with E-state index >= 15 is 0 Å². The van der Waals surface area contributed by atoms with Crippen molar-refractivity contribution in [2.24, 2.45) is 0 Å². The first-order chi connectivity index (χ1) is 16.2. The minimum absolute atomic E-state index is 0.415. The number of aromatic nitrogens is 4. The quantitative estimate of drug-likeness (QED) is 0.242. The van der Waals surface area contributed by atoms with Crippen LogP contribution in [0.4, 0.5) is 0 Å². The maximum absolute atomic E-state index is 6.00. The average molecular weight is 513 g/mol. The van der Waals surface area contributed by atoms with Crippen LogP contribution in [-0.2, 0) is 5.75 Å². The number of benzene rings is 3. The molecule has 1 N–H and O–H groups in total. The summed E-state index contributed by atoms with van der Waals surface area (Å²) in [4.78, 5) is 8.47. The number of thioether (sulfide) groups is 1. The molecule has 0 spiro atoms. The van der Waals surface area contributed by atoms with Gasteiger partial charge in [0.2, 0.25) is 0 Å². The molecule has 0 aliphatic heterocycles. The number of rotatable bonds is 5. The predicted molar refractivity (Wildman–Crippen MR) is 136 cm³/mol. The third kappa shape index (κ3) is 3.94. The second-order valence-electron chi connectivity index (χ2n) is 7.60. The summed E-state index contributed by atoms with van der Waals surface area (Å²) >= 11 is 4.98. The lowest BCUT2D eigenvalue weighted by Gasteiger charge is -2.05. The molecule has 0 saturated heterocycles. The second kappa shape index (κ2) is 8.50. The van der Waals surface area contributed by atoms with Crippen LogP contribution >= 0.6 is 27.7 Å². The van der Waals surface area contributed by atoms with Gasteiger partial charge in [-0.3, -0.25) is 0 Å². The fraction of sp³-hybridized carbons (Fsp3) is 0.0385. The van der Waals surface area contributed by atoms with E-state index in [4.69, 9.17) is 9.40 Å². The van der Waals surface area contributed by atoms with Gasteiger partial charge in [-0.15, -0.1) is 10.2 Å². The van der Waals surface area contributed by atoms with E-state index in [9.17, 15) is 0 Å². The van der Waals surface area contributed by atoms with E-state index in [0.29, 0.717) is 16.8 Å². The molecular formula is C26H17BrN4OS. The molecule has 0 amide bonds. The highest BCUT2D eigenvalue weighted by Gasteiger charge is 2.17. The number of H-pyrrole nitrogens is 1. The maximum atomic E-state index is 6.00. The second-order valence-corrected chi connectivity index (χ2v) is 9.45. The van der Waals surface area contributed by atoms with Crippen LogP contribution in [0.3, 0.4) is 0 Å². The molecule has 0 unspecified atom stereocenters. The van der Waals surface area contributed by atoms with Crippen LogP contribution in [0.1, 0.15) is 5.56 Å². The van der Waals surface area contributed by atoms with Gasteiger partial charge in [-0.05, 0) is 29.8 Å². The van der Waals surface area contributed by atoms with Crippen molar-refractivity contribution in [3.8, 4) is 22.8 Å². The van der Waals surface area contributed by atoms with Crippen molar-refractivity contribution in [1.29, 1.82) is 0 Å². The summed E-state index contributed by atoms with van der Waals surface area (Å²) in [6, 6.07) is 28.6. The van der Waals surface area contributed by atoms with Crippen LogP contribution in [0.25, 0.3) is 44.6 Å². The van der Waals surface area contributed by atoms with Crippen LogP contribution in [0.15, 0.2) is 99.0 Å². The van der Waals surface area contributed by atoms with Crippen molar-refractivity contribution < 1.29 is 4.42 Å². The lowest BCUT2D eigenvalue weighted by molar-refractivity contribution is 0.464. The molecular weight excluding hydrogens is 496 g/mol. The van der Waals surface area contributed by atoms with Gasteiger partial charge in [-0.1, -0.05) is 88.4 Å². The molecule has 3 heterocycles. The molecule has 0 aliphatic carbocycles. The first-order valence-electron chi connectivity index (χ1n) is 10.4. The summed E-state index contributed by atoms with van der Waals surface area (Å²) in [5.41, 5.74) is 5.80. The first-order valence-corrected chi connectivity index (χ1v) is 12.2. The Balaban J connectivity index is 1.41. The molecule has 160 valence electrons. The van der Waals surface area contributed by atoms with Crippen LogP contribution in [0.5, 0.6) is 0 Å². The van der Waals surface area contributed by atoms with Crippen molar-refractivity contribution in [2.75, 3.05) is 0 Å². The highest BCUT2D eigenvalue weighted by molar-refractivity contribution is 9.10. The van der Waals surface area contributed by atoms with Gasteiger partial charge in [-0.25, -0.2) is 4.98 Å². The van der Waals surface area contributed by atoms with E-state index in [1.54, 1.807) is 0 Å². The van der Waals surface area contributed by atoms with Gasteiger partial charge in [0.25, 0.3) is 11.1 Å². The zero-order chi connectivity index (χ0) is 22.2. The maximum Gasteiger partial charge on any atom is 0.277 e. The molecule has 0 bridgehead atoms. The minimum atomic E-state index is 0.415. The SMILES string of the molecule is Brc1ccc(CSc2nnc(-c3cc4c([nH]c5ccccc54)c(-c4ccccc4)n3)o2)cc1. The number of hydrogen-bond donors (Lipinski definition) is 1. The Labute approximate surface area is 202 Å². The summed E-state index contributed by atoms with van der Waals surface area (Å²) in [7, 11) is 0. The van der Waals surface area contributed by atoms with Gasteiger partial charge >= 0.3 is 0 Å². The van der Waals surface area contributed by atoms with Crippen molar-refractivity contribution in [3.63, 3.8) is 0 Å². The molecule has 5 nitrogen and oxygen atoms in total. The molecule has 6 aromatic rings. The number of aromatic amines is 1. The third-order valence-electron chi connectivity index (χ3n) is 5.44. The van der Waals surface area contributed by atoms with Crippen molar-refractivity contribution in [1.82, 2.24) is 20.2 Å². The van der Waals surface area contributed by atoms with Crippen LogP contribution in [-0.4, -0.2) is 20.2 Å². The zero-order valence-electron chi connectivity index (χ0n) is 17.3. The standard InChI is InChI=1S/C26H17BrN4OS/c27-18-12-10-16(11-13-18)15-33-26-31-30-25(32-26)22-14-20-19-8-4-5-9-21(19)28-24(20)23(29-22)17-6-2-1-3-7-17/h1-14,28H,15H2. The fourth-order valence-electron chi connectivity index (χ4n) is 3.86. The van der Waals surface area contributed by atoms with Gasteiger partial charge < -0.3 is 9.40 Å². The number of pyridine rings is 1. The highest BCUT2D eigenvalue weighted by atomic mass is 79.9. The highest BCUT2D eigenvalue weighted by Crippen LogP contribution is 2.35. The summed E-state index contributed by atoms with van der Waals surface area (Å²) in [5, 5.41) is 11.3. The molecule has 0 fully saturated rings. The minimum Gasteiger partial charge on any atom is -0.410 e. The normalized spacial score (nSPS) is 11.4. The Morgan fingerprint density at radius 3 is 2.48 bits per heavy atom. The van der Waals surface area contributed by atoms with Crippen LogP contribution in [0, 0.1) is 0 Å². The number of halogens is 1. The van der Waals surface area contributed by atoms with Gasteiger partial charge in [0.05, 0.1) is 11.2 Å². The van der Waals surface area contributed by atoms with E-state index in [0.717, 1.165) is 43.3 Å². The summed E-state index contributed by atoms with van der Waals surface area (Å²) in [6.07, 6.45) is 0. The van der Waals surface area contributed by atoms with Gasteiger partial charge in [-0.2, -0.15) is 0 Å². The van der Waals surface area contributed by atoms with Crippen LogP contribution < -0.4 is 0 Å². The Morgan fingerprint density at radius 1 is 0.848 bits per heavy atom. The van der Waals surface area contributed by atoms with E-state index in [2.05, 4.69) is 67.5 Å². The Hall–Kier alpha value is -3.42. The van der Waals surface area contributed by atoms with Gasteiger partial charge in [0, 0.05) is 32.1 Å². The number of nitrogens with zero attached hydrogens (tertiary/aromatic N) is 3. The lowest BCUT2D eigenvalue weighted by atomic mass is 10.1. The van der Waals surface area contributed by atoms with Gasteiger partial charge in [0.15, 0.2) is 0 Å². The fourth-order valence-corrected chi connectivity index (χ4v) is 4.84. The smallest absolute Gasteiger partial charge is 0.277 e. The lowest BCUT2D eigenvalue weighted by Crippen LogP contribution is -1.90. The van der Waals surface area contributed by atoms with Crippen LogP contribution in [0.2, 0.25) is 0 Å². The molecule has 7 heteroatoms. The predicted octanol–water partition coefficient (Wildman–Crippen LogP) is 7.49. The van der Waals surface area contributed by atoms with Crippen molar-refractivity contribution >= 4 is 49.5 Å². The van der Waals surface area contributed by atoms with Crippen molar-refractivity contribution in [3.05, 3.63) is 95.0 Å². The molecule has 3 aromatic heterocycles. The van der Waals surface area contributed by atoms with Crippen molar-refractivity contribution in [2.45, 2.75) is 11.0 Å². The summed E-state index contributed by atoms with van der Waals surface area (Å²) in [5.74, 6) is 1.16. The summed E-state index contributed by atoms with van der Waals surface area (Å²) < 4.78 is 7.06. The molecule has 0 atom stereocenters. The molecule has 33 heavy (non-hydrogen) atoms. The number of hydrogen-bond acceptors (Lipinski definition) is 5. The first kappa shape index (κ1) is 20.2. The van der Waals surface area contributed by atoms with E-state index in [1.165, 1.54) is 17.3 Å². The monoisotopic (exact) mass is 512 g/mol. The largest absolute Gasteiger partial charge is 0.410 e. The Morgan fingerprint density at radius 2 is 1.64 bits per heavy atom. The number of para-hydroxylation sites is 1. The number of nitrogens with one attached hydrogen (secondary N) is 1. The average Bonchev–Trinajstić information content (AvgIpc) is 3.48. The molecule has 0 aliphatic rings. The van der Waals surface area contributed by atoms with Gasteiger partial charge in [0.1, 0.15) is 5.69 Å². The zero-order valence-corrected chi connectivity index (χ0v) is 19.7. The van der Waals surface area contributed by atoms with E-state index in [-0.39, 0.29) is 0 Å². The molecule has 6 rings (SSSR count). The third-order valence-corrected chi connectivity index (χ3v) is 6.86. The summed E-state index contributed by atoms with van der Waals surface area (Å²) in [6.45, 7) is 0.